The van der Waals surface area contributed by atoms with Crippen LogP contribution in [0.25, 0.3) is 0 Å². The Labute approximate surface area is 143 Å². The van der Waals surface area contributed by atoms with Gasteiger partial charge in [0.05, 0.1) is 21.3 Å². The van der Waals surface area contributed by atoms with Crippen molar-refractivity contribution in [2.24, 2.45) is 11.7 Å². The van der Waals surface area contributed by atoms with Gasteiger partial charge in [0.1, 0.15) is 5.54 Å². The summed E-state index contributed by atoms with van der Waals surface area (Å²) in [5.74, 6) is 1.16. The van der Waals surface area contributed by atoms with Gasteiger partial charge in [-0.15, -0.1) is 0 Å². The number of aryl methyl sites for hydroxylation is 1. The lowest BCUT2D eigenvalue weighted by Crippen LogP contribution is -2.46. The maximum absolute atomic E-state index is 11.1. The third-order valence-corrected chi connectivity index (χ3v) is 4.19. The molecule has 3 N–H and O–H groups in total. The second-order valence-electron chi connectivity index (χ2n) is 6.42. The lowest BCUT2D eigenvalue weighted by Gasteiger charge is -2.23. The van der Waals surface area contributed by atoms with Crippen molar-refractivity contribution < 1.29 is 24.1 Å². The van der Waals surface area contributed by atoms with E-state index in [0.29, 0.717) is 23.7 Å². The van der Waals surface area contributed by atoms with E-state index < -0.39 is 11.5 Å². The summed E-state index contributed by atoms with van der Waals surface area (Å²) in [7, 11) is 4.78. The molecule has 1 rings (SSSR count). The molecule has 2 atom stereocenters. The number of carbonyl (C=O) groups is 1. The lowest BCUT2D eigenvalue weighted by molar-refractivity contribution is -0.143. The topological polar surface area (TPSA) is 91.0 Å². The van der Waals surface area contributed by atoms with Gasteiger partial charge in [-0.1, -0.05) is 19.4 Å². The number of nitrogens with two attached hydrogens (primary N) is 1. The van der Waals surface area contributed by atoms with Crippen LogP contribution in [0, 0.1) is 5.92 Å². The second kappa shape index (κ2) is 8.78. The highest BCUT2D eigenvalue weighted by molar-refractivity contribution is 5.77. The zero-order valence-corrected chi connectivity index (χ0v) is 15.2. The minimum Gasteiger partial charge on any atom is -0.493 e. The normalized spacial score (nSPS) is 14.6. The third-order valence-electron chi connectivity index (χ3n) is 4.19. The summed E-state index contributed by atoms with van der Waals surface area (Å²) in [6.45, 7) is 3.59. The fourth-order valence-corrected chi connectivity index (χ4v) is 2.91. The number of aliphatic carboxylic acids is 1. The number of ether oxygens (including phenoxy) is 3. The minimum absolute atomic E-state index is 0.224. The first-order valence-corrected chi connectivity index (χ1v) is 8.07. The highest BCUT2D eigenvalue weighted by Crippen LogP contribution is 2.40. The van der Waals surface area contributed by atoms with E-state index in [1.807, 2.05) is 19.1 Å². The SMILES string of the molecule is COc1ccc(CCCC(C)CC(C)(N)C(=O)O)c(OC)c1OC. The van der Waals surface area contributed by atoms with Crippen molar-refractivity contribution in [1.82, 2.24) is 0 Å². The first-order chi connectivity index (χ1) is 11.3. The fourth-order valence-electron chi connectivity index (χ4n) is 2.91. The molecule has 136 valence electrons. The molecule has 0 bridgehead atoms. The largest absolute Gasteiger partial charge is 0.493 e. The van der Waals surface area contributed by atoms with Gasteiger partial charge in [-0.05, 0) is 43.7 Å². The van der Waals surface area contributed by atoms with Crippen LogP contribution in [0.15, 0.2) is 12.1 Å². The Hall–Kier alpha value is -1.95. The quantitative estimate of drug-likeness (QED) is 0.681. The summed E-state index contributed by atoms with van der Waals surface area (Å²) in [5.41, 5.74) is 5.67. The van der Waals surface area contributed by atoms with E-state index in [1.54, 1.807) is 28.3 Å². The monoisotopic (exact) mass is 339 g/mol. The molecule has 0 aliphatic heterocycles. The minimum atomic E-state index is -1.18. The van der Waals surface area contributed by atoms with Crippen molar-refractivity contribution in [3.05, 3.63) is 17.7 Å². The zero-order valence-electron chi connectivity index (χ0n) is 15.2. The van der Waals surface area contributed by atoms with E-state index in [1.165, 1.54) is 0 Å². The molecular formula is C18H29NO5. The first-order valence-electron chi connectivity index (χ1n) is 8.07. The van der Waals surface area contributed by atoms with Crippen LogP contribution < -0.4 is 19.9 Å². The standard InChI is InChI=1S/C18H29NO5/c1-12(11-18(2,19)17(20)21)7-6-8-13-9-10-14(22-3)16(24-5)15(13)23-4/h9-10,12H,6-8,11,19H2,1-5H3,(H,20,21). The van der Waals surface area contributed by atoms with Crippen LogP contribution >= 0.6 is 0 Å². The molecule has 0 heterocycles. The molecule has 0 aliphatic carbocycles. The molecular weight excluding hydrogens is 310 g/mol. The van der Waals surface area contributed by atoms with Gasteiger partial charge in [-0.25, -0.2) is 0 Å². The molecule has 0 amide bonds. The highest BCUT2D eigenvalue weighted by atomic mass is 16.5. The molecule has 1 aromatic carbocycles. The molecule has 0 radical (unpaired) electrons. The second-order valence-corrected chi connectivity index (χ2v) is 6.42. The summed E-state index contributed by atoms with van der Waals surface area (Å²) >= 11 is 0. The molecule has 6 nitrogen and oxygen atoms in total. The lowest BCUT2D eigenvalue weighted by atomic mass is 9.87. The summed E-state index contributed by atoms with van der Waals surface area (Å²) in [6, 6.07) is 3.83. The third kappa shape index (κ3) is 5.03. The van der Waals surface area contributed by atoms with Crippen LogP contribution in [-0.4, -0.2) is 37.9 Å². The molecule has 0 saturated heterocycles. The molecule has 1 aromatic rings. The van der Waals surface area contributed by atoms with Gasteiger partial charge in [0.15, 0.2) is 11.5 Å². The van der Waals surface area contributed by atoms with Crippen molar-refractivity contribution in [3.8, 4) is 17.2 Å². The van der Waals surface area contributed by atoms with E-state index >= 15 is 0 Å². The van der Waals surface area contributed by atoms with Crippen LogP contribution in [0.5, 0.6) is 17.2 Å². The Bertz CT molecular complexity index is 557. The van der Waals surface area contributed by atoms with Crippen LogP contribution in [-0.2, 0) is 11.2 Å². The van der Waals surface area contributed by atoms with Gasteiger partial charge < -0.3 is 25.1 Å². The van der Waals surface area contributed by atoms with Gasteiger partial charge in [-0.2, -0.15) is 0 Å². The Morgan fingerprint density at radius 3 is 2.33 bits per heavy atom. The van der Waals surface area contributed by atoms with Crippen molar-refractivity contribution in [1.29, 1.82) is 0 Å². The number of hydrogen-bond acceptors (Lipinski definition) is 5. The average Bonchev–Trinajstić information content (AvgIpc) is 2.53. The van der Waals surface area contributed by atoms with Crippen LogP contribution in [0.1, 0.15) is 38.7 Å². The molecule has 0 saturated carbocycles. The Morgan fingerprint density at radius 2 is 1.83 bits per heavy atom. The predicted molar refractivity (Wildman–Crippen MR) is 93.0 cm³/mol. The van der Waals surface area contributed by atoms with Gasteiger partial charge in [0.2, 0.25) is 5.75 Å². The average molecular weight is 339 g/mol. The van der Waals surface area contributed by atoms with Gasteiger partial charge in [-0.3, -0.25) is 4.79 Å². The molecule has 0 fully saturated rings. The Kier molecular flexibility index (Phi) is 7.35. The van der Waals surface area contributed by atoms with Gasteiger partial charge >= 0.3 is 5.97 Å². The van der Waals surface area contributed by atoms with E-state index in [2.05, 4.69) is 0 Å². The van der Waals surface area contributed by atoms with E-state index in [9.17, 15) is 4.79 Å². The first kappa shape index (κ1) is 20.1. The predicted octanol–water partition coefficient (Wildman–Crippen LogP) is 2.86. The van der Waals surface area contributed by atoms with E-state index in [4.69, 9.17) is 25.1 Å². The van der Waals surface area contributed by atoms with Crippen molar-refractivity contribution >= 4 is 5.97 Å². The number of carboxylic acid groups (broad SMARTS) is 1. The number of methoxy groups -OCH3 is 3. The molecule has 0 aromatic heterocycles. The Balaban J connectivity index is 2.70. The number of benzene rings is 1. The number of hydrogen-bond donors (Lipinski definition) is 2. The molecule has 24 heavy (non-hydrogen) atoms. The maximum atomic E-state index is 11.1. The molecule has 0 aliphatic rings. The molecule has 6 heteroatoms. The highest BCUT2D eigenvalue weighted by Gasteiger charge is 2.29. The summed E-state index contributed by atoms with van der Waals surface area (Å²) in [5, 5.41) is 9.10. The van der Waals surface area contributed by atoms with Crippen LogP contribution in [0.3, 0.4) is 0 Å². The van der Waals surface area contributed by atoms with Crippen molar-refractivity contribution in [3.63, 3.8) is 0 Å². The summed E-state index contributed by atoms with van der Waals surface area (Å²) < 4.78 is 16.1. The van der Waals surface area contributed by atoms with E-state index in [-0.39, 0.29) is 5.92 Å². The van der Waals surface area contributed by atoms with Crippen LogP contribution in [0.4, 0.5) is 0 Å². The van der Waals surface area contributed by atoms with Crippen molar-refractivity contribution in [2.45, 2.75) is 45.1 Å². The zero-order chi connectivity index (χ0) is 18.3. The summed E-state index contributed by atoms with van der Waals surface area (Å²) in [6.07, 6.45) is 3.05. The van der Waals surface area contributed by atoms with E-state index in [0.717, 1.165) is 24.8 Å². The number of rotatable bonds is 10. The molecule has 0 spiro atoms. The maximum Gasteiger partial charge on any atom is 0.323 e. The smallest absolute Gasteiger partial charge is 0.323 e. The number of carboxylic acids is 1. The fraction of sp³-hybridized carbons (Fsp3) is 0.611. The Morgan fingerprint density at radius 1 is 1.21 bits per heavy atom. The summed E-state index contributed by atoms with van der Waals surface area (Å²) in [4.78, 5) is 11.1. The van der Waals surface area contributed by atoms with Gasteiger partial charge in [0.25, 0.3) is 0 Å². The van der Waals surface area contributed by atoms with Gasteiger partial charge in [0, 0.05) is 0 Å². The molecule has 2 unspecified atom stereocenters. The van der Waals surface area contributed by atoms with Crippen LogP contribution in [0.2, 0.25) is 0 Å². The van der Waals surface area contributed by atoms with Crippen molar-refractivity contribution in [2.75, 3.05) is 21.3 Å².